The van der Waals surface area contributed by atoms with Gasteiger partial charge in [0, 0.05) is 33.1 Å². The van der Waals surface area contributed by atoms with Crippen LogP contribution < -0.4 is 10.6 Å². The zero-order chi connectivity index (χ0) is 16.8. The van der Waals surface area contributed by atoms with Crippen LogP contribution in [0.1, 0.15) is 35.9 Å². The van der Waals surface area contributed by atoms with Crippen LogP contribution in [-0.4, -0.2) is 34.3 Å². The first-order valence-electron chi connectivity index (χ1n) is 8.72. The number of hydrogen-bond acceptors (Lipinski definition) is 3. The number of fused-ring (bicyclic) bond motifs is 1. The summed E-state index contributed by atoms with van der Waals surface area (Å²) >= 11 is 0. The molecule has 6 nitrogen and oxygen atoms in total. The Morgan fingerprint density at radius 3 is 2.96 bits per heavy atom. The largest absolute Gasteiger partial charge is 0.355 e. The molecule has 0 bridgehead atoms. The average molecular weight is 326 g/mol. The van der Waals surface area contributed by atoms with E-state index in [4.69, 9.17) is 0 Å². The molecule has 0 amide bonds. The van der Waals surface area contributed by atoms with Crippen molar-refractivity contribution in [2.24, 2.45) is 4.99 Å². The van der Waals surface area contributed by atoms with Crippen molar-refractivity contribution in [1.82, 2.24) is 25.4 Å². The molecule has 2 aromatic rings. The van der Waals surface area contributed by atoms with Gasteiger partial charge in [-0.2, -0.15) is 0 Å². The third-order valence-electron chi connectivity index (χ3n) is 4.50. The van der Waals surface area contributed by atoms with Crippen molar-refractivity contribution in [2.45, 2.75) is 45.7 Å². The number of aromatic nitrogens is 3. The van der Waals surface area contributed by atoms with Gasteiger partial charge in [-0.3, -0.25) is 4.99 Å². The van der Waals surface area contributed by atoms with Crippen molar-refractivity contribution >= 4 is 5.96 Å². The maximum absolute atomic E-state index is 4.29. The molecule has 1 heterocycles. The second-order valence-electron chi connectivity index (χ2n) is 6.10. The minimum absolute atomic E-state index is 0.787. The molecular weight excluding hydrogens is 300 g/mol. The highest BCUT2D eigenvalue weighted by Gasteiger charge is 2.10. The van der Waals surface area contributed by atoms with Gasteiger partial charge in [-0.1, -0.05) is 25.1 Å². The van der Waals surface area contributed by atoms with Crippen LogP contribution in [0.15, 0.2) is 29.5 Å². The van der Waals surface area contributed by atoms with E-state index in [1.165, 1.54) is 36.0 Å². The maximum Gasteiger partial charge on any atom is 0.191 e. The third-order valence-corrected chi connectivity index (χ3v) is 4.50. The zero-order valence-electron chi connectivity index (χ0n) is 14.5. The quantitative estimate of drug-likeness (QED) is 0.626. The van der Waals surface area contributed by atoms with E-state index in [1.54, 1.807) is 13.4 Å². The molecule has 0 radical (unpaired) electrons. The van der Waals surface area contributed by atoms with Crippen molar-refractivity contribution in [3.63, 3.8) is 0 Å². The minimum atomic E-state index is 0.787. The number of rotatable bonds is 6. The molecule has 0 aliphatic heterocycles. The second kappa shape index (κ2) is 7.95. The van der Waals surface area contributed by atoms with Gasteiger partial charge in [0.05, 0.1) is 0 Å². The molecule has 1 aromatic heterocycles. The van der Waals surface area contributed by atoms with Gasteiger partial charge in [0.1, 0.15) is 12.2 Å². The van der Waals surface area contributed by atoms with Crippen molar-refractivity contribution in [2.75, 3.05) is 13.6 Å². The molecule has 1 aliphatic carbocycles. The van der Waals surface area contributed by atoms with Gasteiger partial charge in [-0.15, -0.1) is 10.2 Å². The summed E-state index contributed by atoms with van der Waals surface area (Å²) in [4.78, 5) is 4.29. The third kappa shape index (κ3) is 3.93. The Bertz CT molecular complexity index is 703. The highest BCUT2D eigenvalue weighted by atomic mass is 15.3. The number of hydrogen-bond donors (Lipinski definition) is 2. The molecule has 0 unspecified atom stereocenters. The van der Waals surface area contributed by atoms with Crippen molar-refractivity contribution < 1.29 is 0 Å². The molecule has 1 aliphatic rings. The summed E-state index contributed by atoms with van der Waals surface area (Å²) in [5.41, 5.74) is 4.34. The molecule has 0 saturated heterocycles. The van der Waals surface area contributed by atoms with Gasteiger partial charge in [0.2, 0.25) is 0 Å². The molecule has 24 heavy (non-hydrogen) atoms. The lowest BCUT2D eigenvalue weighted by atomic mass is 10.1. The lowest BCUT2D eigenvalue weighted by Gasteiger charge is -2.13. The summed E-state index contributed by atoms with van der Waals surface area (Å²) in [6.45, 7) is 4.50. The Morgan fingerprint density at radius 2 is 2.12 bits per heavy atom. The summed E-state index contributed by atoms with van der Waals surface area (Å²) in [5.74, 6) is 1.83. The Labute approximate surface area is 143 Å². The van der Waals surface area contributed by atoms with E-state index >= 15 is 0 Å². The minimum Gasteiger partial charge on any atom is -0.355 e. The number of guanidine groups is 1. The first-order chi connectivity index (χ1) is 11.8. The molecule has 1 aromatic carbocycles. The lowest BCUT2D eigenvalue weighted by Crippen LogP contribution is -2.38. The number of nitrogens with zero attached hydrogens (tertiary/aromatic N) is 4. The second-order valence-corrected chi connectivity index (χ2v) is 6.10. The zero-order valence-corrected chi connectivity index (χ0v) is 14.5. The van der Waals surface area contributed by atoms with Crippen LogP contribution in [0.5, 0.6) is 0 Å². The molecule has 0 spiro atoms. The van der Waals surface area contributed by atoms with E-state index in [0.29, 0.717) is 0 Å². The summed E-state index contributed by atoms with van der Waals surface area (Å²) in [6.07, 6.45) is 6.41. The average Bonchev–Trinajstić information content (AvgIpc) is 3.25. The first-order valence-corrected chi connectivity index (χ1v) is 8.72. The van der Waals surface area contributed by atoms with Crippen LogP contribution in [0.4, 0.5) is 0 Å². The topological polar surface area (TPSA) is 67.1 Å². The van der Waals surface area contributed by atoms with Crippen LogP contribution in [-0.2, 0) is 32.4 Å². The van der Waals surface area contributed by atoms with Crippen LogP contribution in [0.2, 0.25) is 0 Å². The summed E-state index contributed by atoms with van der Waals surface area (Å²) in [6, 6.07) is 6.82. The van der Waals surface area contributed by atoms with Crippen LogP contribution in [0.25, 0.3) is 0 Å². The predicted molar refractivity (Wildman–Crippen MR) is 96.1 cm³/mol. The highest BCUT2D eigenvalue weighted by molar-refractivity contribution is 5.79. The molecule has 0 fully saturated rings. The van der Waals surface area contributed by atoms with E-state index in [9.17, 15) is 0 Å². The molecular formula is C18H26N6. The van der Waals surface area contributed by atoms with E-state index in [0.717, 1.165) is 37.8 Å². The fourth-order valence-electron chi connectivity index (χ4n) is 3.18. The fraction of sp³-hybridized carbons (Fsp3) is 0.500. The van der Waals surface area contributed by atoms with E-state index in [1.807, 2.05) is 0 Å². The number of aryl methyl sites for hydroxylation is 3. The highest BCUT2D eigenvalue weighted by Crippen LogP contribution is 2.22. The summed E-state index contributed by atoms with van der Waals surface area (Å²) in [5, 5.41) is 14.8. The molecule has 0 atom stereocenters. The van der Waals surface area contributed by atoms with E-state index in [-0.39, 0.29) is 0 Å². The number of benzene rings is 1. The van der Waals surface area contributed by atoms with Crippen LogP contribution >= 0.6 is 0 Å². The molecule has 6 heteroatoms. The van der Waals surface area contributed by atoms with E-state index in [2.05, 4.69) is 55.5 Å². The van der Waals surface area contributed by atoms with Gasteiger partial charge in [-0.25, -0.2) is 0 Å². The summed E-state index contributed by atoms with van der Waals surface area (Å²) < 4.78 is 2.07. The Morgan fingerprint density at radius 1 is 1.25 bits per heavy atom. The van der Waals surface area contributed by atoms with Crippen LogP contribution in [0, 0.1) is 0 Å². The van der Waals surface area contributed by atoms with Gasteiger partial charge in [0.25, 0.3) is 0 Å². The number of nitrogens with one attached hydrogen (secondary N) is 2. The Kier molecular flexibility index (Phi) is 5.46. The smallest absolute Gasteiger partial charge is 0.191 e. The lowest BCUT2D eigenvalue weighted by molar-refractivity contribution is 0.632. The van der Waals surface area contributed by atoms with Gasteiger partial charge in [-0.05, 0) is 36.0 Å². The van der Waals surface area contributed by atoms with Gasteiger partial charge < -0.3 is 15.2 Å². The van der Waals surface area contributed by atoms with Gasteiger partial charge >= 0.3 is 0 Å². The summed E-state index contributed by atoms with van der Waals surface area (Å²) in [7, 11) is 1.80. The monoisotopic (exact) mass is 326 g/mol. The number of aliphatic imine (C=N–C) groups is 1. The normalized spacial score (nSPS) is 13.8. The van der Waals surface area contributed by atoms with Gasteiger partial charge in [0.15, 0.2) is 5.96 Å². The van der Waals surface area contributed by atoms with Crippen molar-refractivity contribution in [3.05, 3.63) is 47.0 Å². The fourth-order valence-corrected chi connectivity index (χ4v) is 3.18. The Balaban J connectivity index is 1.47. The molecule has 2 N–H and O–H groups in total. The predicted octanol–water partition coefficient (Wildman–Crippen LogP) is 1.69. The maximum atomic E-state index is 4.29. The standard InChI is InChI=1S/C18H26N6/c1-3-17-23-22-13-24(17)10-9-20-18(19-2)21-12-14-7-8-15-5-4-6-16(15)11-14/h7-8,11,13H,3-6,9-10,12H2,1-2H3,(H2,19,20,21). The van der Waals surface area contributed by atoms with Crippen LogP contribution in [0.3, 0.4) is 0 Å². The van der Waals surface area contributed by atoms with E-state index < -0.39 is 0 Å². The Hall–Kier alpha value is -2.37. The SMILES string of the molecule is CCc1nncn1CCNC(=NC)NCc1ccc2c(c1)CCC2. The molecule has 0 saturated carbocycles. The van der Waals surface area contributed by atoms with Crippen molar-refractivity contribution in [3.8, 4) is 0 Å². The molecule has 3 rings (SSSR count). The van der Waals surface area contributed by atoms with Crippen molar-refractivity contribution in [1.29, 1.82) is 0 Å². The molecule has 128 valence electrons. The first kappa shape index (κ1) is 16.5.